The zero-order valence-electron chi connectivity index (χ0n) is 11.7. The molecule has 1 unspecified atom stereocenters. The second-order valence-electron chi connectivity index (χ2n) is 6.07. The average molecular weight is 241 g/mol. The van der Waals surface area contributed by atoms with Crippen molar-refractivity contribution in [3.05, 3.63) is 0 Å². The summed E-state index contributed by atoms with van der Waals surface area (Å²) < 4.78 is 0. The van der Waals surface area contributed by atoms with Gasteiger partial charge in [0.2, 0.25) is 0 Å². The van der Waals surface area contributed by atoms with Crippen LogP contribution in [-0.4, -0.2) is 34.6 Å². The Labute approximate surface area is 105 Å². The molecule has 0 aliphatic heterocycles. The monoisotopic (exact) mass is 241 g/mol. The van der Waals surface area contributed by atoms with Crippen molar-refractivity contribution in [2.45, 2.75) is 58.9 Å². The van der Waals surface area contributed by atoms with Crippen molar-refractivity contribution in [3.63, 3.8) is 0 Å². The maximum Gasteiger partial charge on any atom is 0.323 e. The molecule has 0 aromatic rings. The highest BCUT2D eigenvalue weighted by molar-refractivity contribution is 5.78. The summed E-state index contributed by atoms with van der Waals surface area (Å²) in [6.07, 6.45) is 4.30. The fourth-order valence-corrected chi connectivity index (χ4v) is 2.57. The van der Waals surface area contributed by atoms with Crippen LogP contribution in [0.4, 0.5) is 0 Å². The molecule has 0 heterocycles. The Balaban J connectivity index is 2.77. The number of hydrogen-bond acceptors (Lipinski definition) is 2. The van der Waals surface area contributed by atoms with Crippen LogP contribution in [0.15, 0.2) is 0 Å². The number of aliphatic carboxylic acids is 1. The van der Waals surface area contributed by atoms with Gasteiger partial charge in [-0.1, -0.05) is 20.8 Å². The van der Waals surface area contributed by atoms with Gasteiger partial charge < -0.3 is 5.11 Å². The number of nitrogens with zero attached hydrogens (tertiary/aromatic N) is 1. The van der Waals surface area contributed by atoms with E-state index < -0.39 is 11.5 Å². The van der Waals surface area contributed by atoms with E-state index in [0.717, 1.165) is 31.8 Å². The van der Waals surface area contributed by atoms with E-state index in [-0.39, 0.29) is 0 Å². The van der Waals surface area contributed by atoms with E-state index in [9.17, 15) is 9.90 Å². The SMILES string of the molecule is CCCN(CC1CC1)C(C)(CC(C)C)C(=O)O. The molecule has 3 nitrogen and oxygen atoms in total. The molecule has 0 amide bonds. The first kappa shape index (κ1) is 14.5. The Morgan fingerprint density at radius 1 is 1.47 bits per heavy atom. The van der Waals surface area contributed by atoms with Crippen molar-refractivity contribution < 1.29 is 9.90 Å². The third kappa shape index (κ3) is 3.98. The number of carbonyl (C=O) groups is 1. The van der Waals surface area contributed by atoms with Crippen molar-refractivity contribution in [3.8, 4) is 0 Å². The van der Waals surface area contributed by atoms with Crippen LogP contribution in [0.25, 0.3) is 0 Å². The molecule has 0 spiro atoms. The van der Waals surface area contributed by atoms with Crippen LogP contribution < -0.4 is 0 Å². The van der Waals surface area contributed by atoms with E-state index in [0.29, 0.717) is 5.92 Å². The fraction of sp³-hybridized carbons (Fsp3) is 0.929. The van der Waals surface area contributed by atoms with Crippen LogP contribution in [-0.2, 0) is 4.79 Å². The molecule has 1 aliphatic carbocycles. The molecule has 17 heavy (non-hydrogen) atoms. The fourth-order valence-electron chi connectivity index (χ4n) is 2.57. The zero-order valence-corrected chi connectivity index (χ0v) is 11.7. The Bertz CT molecular complexity index is 261. The molecule has 0 aromatic carbocycles. The van der Waals surface area contributed by atoms with Crippen molar-refractivity contribution >= 4 is 5.97 Å². The van der Waals surface area contributed by atoms with Gasteiger partial charge in [0, 0.05) is 6.54 Å². The smallest absolute Gasteiger partial charge is 0.323 e. The Hall–Kier alpha value is -0.570. The van der Waals surface area contributed by atoms with Gasteiger partial charge in [0.15, 0.2) is 0 Å². The second-order valence-corrected chi connectivity index (χ2v) is 6.07. The lowest BCUT2D eigenvalue weighted by Gasteiger charge is -2.39. The highest BCUT2D eigenvalue weighted by Gasteiger charge is 2.41. The Morgan fingerprint density at radius 3 is 2.41 bits per heavy atom. The van der Waals surface area contributed by atoms with Gasteiger partial charge in [0.25, 0.3) is 0 Å². The molecule has 0 radical (unpaired) electrons. The van der Waals surface area contributed by atoms with Crippen LogP contribution in [0.3, 0.4) is 0 Å². The lowest BCUT2D eigenvalue weighted by Crippen LogP contribution is -2.54. The lowest BCUT2D eigenvalue weighted by molar-refractivity contribution is -0.152. The van der Waals surface area contributed by atoms with Crippen molar-refractivity contribution in [2.24, 2.45) is 11.8 Å². The van der Waals surface area contributed by atoms with Gasteiger partial charge in [-0.2, -0.15) is 0 Å². The number of carboxylic acid groups (broad SMARTS) is 1. The minimum absolute atomic E-state index is 0.412. The van der Waals surface area contributed by atoms with Gasteiger partial charge in [-0.3, -0.25) is 9.69 Å². The average Bonchev–Trinajstić information content (AvgIpc) is 2.99. The van der Waals surface area contributed by atoms with Gasteiger partial charge in [-0.15, -0.1) is 0 Å². The third-order valence-corrected chi connectivity index (χ3v) is 3.63. The Kier molecular flexibility index (Phi) is 4.99. The molecule has 1 saturated carbocycles. The summed E-state index contributed by atoms with van der Waals surface area (Å²) in [5.74, 6) is 0.488. The molecule has 0 aromatic heterocycles. The first-order valence-electron chi connectivity index (χ1n) is 6.88. The summed E-state index contributed by atoms with van der Waals surface area (Å²) in [5.41, 5.74) is -0.688. The van der Waals surface area contributed by atoms with E-state index in [1.165, 1.54) is 12.8 Å². The molecule has 3 heteroatoms. The van der Waals surface area contributed by atoms with Crippen molar-refractivity contribution in [1.82, 2.24) is 4.90 Å². The summed E-state index contributed by atoms with van der Waals surface area (Å²) in [6.45, 7) is 10.1. The van der Waals surface area contributed by atoms with Crippen LogP contribution >= 0.6 is 0 Å². The molecular formula is C14H27NO2. The van der Waals surface area contributed by atoms with E-state index in [1.807, 2.05) is 6.92 Å². The maximum absolute atomic E-state index is 11.6. The highest BCUT2D eigenvalue weighted by Crippen LogP contribution is 2.34. The third-order valence-electron chi connectivity index (χ3n) is 3.63. The van der Waals surface area contributed by atoms with Crippen LogP contribution in [0, 0.1) is 11.8 Å². The number of rotatable bonds is 8. The normalized spacial score (nSPS) is 19.6. The minimum Gasteiger partial charge on any atom is -0.480 e. The molecule has 1 aliphatic rings. The molecular weight excluding hydrogens is 214 g/mol. The molecule has 0 bridgehead atoms. The first-order chi connectivity index (χ1) is 7.90. The Morgan fingerprint density at radius 2 is 2.06 bits per heavy atom. The highest BCUT2D eigenvalue weighted by atomic mass is 16.4. The summed E-state index contributed by atoms with van der Waals surface area (Å²) in [7, 11) is 0. The summed E-state index contributed by atoms with van der Waals surface area (Å²) >= 11 is 0. The molecule has 1 rings (SSSR count). The number of hydrogen-bond donors (Lipinski definition) is 1. The van der Waals surface area contributed by atoms with Gasteiger partial charge in [0.1, 0.15) is 5.54 Å². The van der Waals surface area contributed by atoms with Crippen LogP contribution in [0.5, 0.6) is 0 Å². The van der Waals surface area contributed by atoms with Crippen molar-refractivity contribution in [1.29, 1.82) is 0 Å². The molecule has 1 fully saturated rings. The topological polar surface area (TPSA) is 40.5 Å². The second kappa shape index (κ2) is 5.85. The van der Waals surface area contributed by atoms with Gasteiger partial charge in [-0.25, -0.2) is 0 Å². The maximum atomic E-state index is 11.6. The molecule has 1 N–H and O–H groups in total. The minimum atomic E-state index is -0.688. The number of carboxylic acids is 1. The summed E-state index contributed by atoms with van der Waals surface area (Å²) in [5, 5.41) is 9.57. The van der Waals surface area contributed by atoms with Crippen molar-refractivity contribution in [2.75, 3.05) is 13.1 Å². The van der Waals surface area contributed by atoms with Gasteiger partial charge >= 0.3 is 5.97 Å². The van der Waals surface area contributed by atoms with Gasteiger partial charge in [0.05, 0.1) is 0 Å². The standard InChI is InChI=1S/C14H27NO2/c1-5-8-15(10-12-6-7-12)14(4,13(16)17)9-11(2)3/h11-12H,5-10H2,1-4H3,(H,16,17). The van der Waals surface area contributed by atoms with Crippen LogP contribution in [0.1, 0.15) is 53.4 Å². The molecule has 0 saturated heterocycles. The van der Waals surface area contributed by atoms with E-state index >= 15 is 0 Å². The molecule has 100 valence electrons. The quantitative estimate of drug-likeness (QED) is 0.710. The summed E-state index contributed by atoms with van der Waals surface area (Å²) in [4.78, 5) is 13.8. The predicted molar refractivity (Wildman–Crippen MR) is 70.1 cm³/mol. The lowest BCUT2D eigenvalue weighted by atomic mass is 9.88. The van der Waals surface area contributed by atoms with E-state index in [1.54, 1.807) is 0 Å². The van der Waals surface area contributed by atoms with Crippen LogP contribution in [0.2, 0.25) is 0 Å². The van der Waals surface area contributed by atoms with Gasteiger partial charge in [-0.05, 0) is 51.0 Å². The predicted octanol–water partition coefficient (Wildman–Crippen LogP) is 3.00. The van der Waals surface area contributed by atoms with E-state index in [4.69, 9.17) is 0 Å². The first-order valence-corrected chi connectivity index (χ1v) is 6.88. The summed E-state index contributed by atoms with van der Waals surface area (Å²) in [6, 6.07) is 0. The largest absolute Gasteiger partial charge is 0.480 e. The zero-order chi connectivity index (χ0) is 13.1. The molecule has 1 atom stereocenters. The van der Waals surface area contributed by atoms with E-state index in [2.05, 4.69) is 25.7 Å².